The molecular weight excluding hydrogens is 324 g/mol. The number of carbonyl (C=O) groups excluding carboxylic acids is 1. The maximum absolute atomic E-state index is 12.0. The Hall–Kier alpha value is -2.60. The molecule has 0 aliphatic carbocycles. The Morgan fingerprint density at radius 3 is 2.38 bits per heavy atom. The van der Waals surface area contributed by atoms with Crippen LogP contribution >= 0.6 is 12.2 Å². The summed E-state index contributed by atoms with van der Waals surface area (Å²) >= 11 is 5.21. The van der Waals surface area contributed by atoms with Gasteiger partial charge in [0.15, 0.2) is 16.6 Å². The van der Waals surface area contributed by atoms with Crippen molar-refractivity contribution in [1.82, 2.24) is 10.2 Å². The fourth-order valence-electron chi connectivity index (χ4n) is 1.91. The van der Waals surface area contributed by atoms with Crippen LogP contribution in [-0.2, 0) is 4.79 Å². The molecular formula is C18H22N2O3S. The zero-order valence-electron chi connectivity index (χ0n) is 14.0. The number of rotatable bonds is 8. The van der Waals surface area contributed by atoms with Crippen LogP contribution in [0.1, 0.15) is 5.56 Å². The van der Waals surface area contributed by atoms with Crippen LogP contribution in [0.5, 0.6) is 11.5 Å². The van der Waals surface area contributed by atoms with Crippen molar-refractivity contribution in [3.63, 3.8) is 0 Å². The number of hydrogen-bond donors (Lipinski definition) is 1. The molecule has 24 heavy (non-hydrogen) atoms. The van der Waals surface area contributed by atoms with Gasteiger partial charge in [-0.2, -0.15) is 0 Å². The monoisotopic (exact) mass is 346 g/mol. The van der Waals surface area contributed by atoms with E-state index in [1.54, 1.807) is 49.5 Å². The Bertz CT molecular complexity index is 631. The number of benzene rings is 1. The van der Waals surface area contributed by atoms with E-state index < -0.39 is 0 Å². The molecule has 0 aliphatic rings. The quantitative estimate of drug-likeness (QED) is 0.446. The molecule has 1 N–H and O–H groups in total. The molecule has 0 bridgehead atoms. The summed E-state index contributed by atoms with van der Waals surface area (Å²) in [4.78, 5) is 13.8. The van der Waals surface area contributed by atoms with Gasteiger partial charge in [-0.25, -0.2) is 0 Å². The number of methoxy groups -OCH3 is 2. The lowest BCUT2D eigenvalue weighted by molar-refractivity contribution is -0.115. The van der Waals surface area contributed by atoms with Crippen LogP contribution in [0.3, 0.4) is 0 Å². The highest BCUT2D eigenvalue weighted by molar-refractivity contribution is 7.80. The Morgan fingerprint density at radius 1 is 1.21 bits per heavy atom. The molecule has 0 radical (unpaired) electrons. The minimum atomic E-state index is -0.312. The summed E-state index contributed by atoms with van der Waals surface area (Å²) in [6.45, 7) is 8.40. The minimum absolute atomic E-state index is 0.312. The van der Waals surface area contributed by atoms with Crippen molar-refractivity contribution in [1.29, 1.82) is 0 Å². The topological polar surface area (TPSA) is 50.8 Å². The standard InChI is InChI=1S/C18H22N2O3S/c1-5-11-20(12-6-2)18(24)19-17(21)10-8-14-7-9-15(22-3)16(13-14)23-4/h5-10,13H,1-2,11-12H2,3-4H3,(H,19,21,24)/b10-8+. The van der Waals surface area contributed by atoms with Crippen LogP contribution < -0.4 is 14.8 Å². The molecule has 1 aromatic carbocycles. The molecule has 0 heterocycles. The fraction of sp³-hybridized carbons (Fsp3) is 0.222. The zero-order chi connectivity index (χ0) is 17.9. The highest BCUT2D eigenvalue weighted by Crippen LogP contribution is 2.27. The number of nitrogens with zero attached hydrogens (tertiary/aromatic N) is 1. The van der Waals surface area contributed by atoms with E-state index in [2.05, 4.69) is 18.5 Å². The summed E-state index contributed by atoms with van der Waals surface area (Å²) in [6.07, 6.45) is 6.50. The Labute approximate surface area is 148 Å². The van der Waals surface area contributed by atoms with Crippen LogP contribution in [-0.4, -0.2) is 43.2 Å². The number of carbonyl (C=O) groups is 1. The molecule has 0 atom stereocenters. The lowest BCUT2D eigenvalue weighted by Crippen LogP contribution is -2.42. The maximum Gasteiger partial charge on any atom is 0.250 e. The number of thiocarbonyl (C=S) groups is 1. The summed E-state index contributed by atoms with van der Waals surface area (Å²) in [5, 5.41) is 2.98. The van der Waals surface area contributed by atoms with E-state index in [4.69, 9.17) is 21.7 Å². The van der Waals surface area contributed by atoms with Crippen molar-refractivity contribution in [2.45, 2.75) is 0 Å². The van der Waals surface area contributed by atoms with E-state index in [0.29, 0.717) is 29.7 Å². The van der Waals surface area contributed by atoms with Crippen molar-refractivity contribution in [3.05, 3.63) is 55.1 Å². The summed E-state index contributed by atoms with van der Waals surface area (Å²) < 4.78 is 10.4. The van der Waals surface area contributed by atoms with Crippen LogP contribution in [0.2, 0.25) is 0 Å². The van der Waals surface area contributed by atoms with Crippen molar-refractivity contribution >= 4 is 29.3 Å². The molecule has 0 aromatic heterocycles. The average molecular weight is 346 g/mol. The van der Waals surface area contributed by atoms with Crippen molar-refractivity contribution in [2.24, 2.45) is 0 Å². The normalized spacial score (nSPS) is 10.1. The molecule has 0 saturated heterocycles. The van der Waals surface area contributed by atoms with Gasteiger partial charge < -0.3 is 14.4 Å². The van der Waals surface area contributed by atoms with Crippen molar-refractivity contribution in [2.75, 3.05) is 27.3 Å². The van der Waals surface area contributed by atoms with Gasteiger partial charge in [0, 0.05) is 19.2 Å². The van der Waals surface area contributed by atoms with E-state index >= 15 is 0 Å². The van der Waals surface area contributed by atoms with Crippen molar-refractivity contribution < 1.29 is 14.3 Å². The molecule has 1 aromatic rings. The SMILES string of the molecule is C=CCN(CC=C)C(=S)NC(=O)/C=C/c1ccc(OC)c(OC)c1. The molecule has 1 amide bonds. The van der Waals surface area contributed by atoms with Gasteiger partial charge in [0.05, 0.1) is 14.2 Å². The predicted molar refractivity (Wildman–Crippen MR) is 101 cm³/mol. The zero-order valence-corrected chi connectivity index (χ0v) is 14.8. The van der Waals surface area contributed by atoms with Crippen LogP contribution in [0.25, 0.3) is 6.08 Å². The summed E-state index contributed by atoms with van der Waals surface area (Å²) in [6, 6.07) is 5.38. The third kappa shape index (κ3) is 5.89. The predicted octanol–water partition coefficient (Wildman–Crippen LogP) is 2.79. The van der Waals surface area contributed by atoms with E-state index in [-0.39, 0.29) is 5.91 Å². The van der Waals surface area contributed by atoms with Gasteiger partial charge in [0.25, 0.3) is 0 Å². The highest BCUT2D eigenvalue weighted by Gasteiger charge is 2.08. The van der Waals surface area contributed by atoms with Gasteiger partial charge in [-0.15, -0.1) is 13.2 Å². The first-order valence-electron chi connectivity index (χ1n) is 7.27. The second-order valence-electron chi connectivity index (χ2n) is 4.72. The summed E-state index contributed by atoms with van der Waals surface area (Å²) in [5.74, 6) is 0.913. The number of hydrogen-bond acceptors (Lipinski definition) is 4. The first-order chi connectivity index (χ1) is 11.5. The molecule has 128 valence electrons. The highest BCUT2D eigenvalue weighted by atomic mass is 32.1. The second kappa shape index (κ2) is 10.2. The van der Waals surface area contributed by atoms with Gasteiger partial charge in [-0.1, -0.05) is 18.2 Å². The lowest BCUT2D eigenvalue weighted by Gasteiger charge is -2.21. The number of amides is 1. The Morgan fingerprint density at radius 2 is 1.83 bits per heavy atom. The molecule has 1 rings (SSSR count). The van der Waals surface area contributed by atoms with Crippen molar-refractivity contribution in [3.8, 4) is 11.5 Å². The molecule has 0 aliphatic heterocycles. The van der Waals surface area contributed by atoms with E-state index in [0.717, 1.165) is 5.56 Å². The van der Waals surface area contributed by atoms with Gasteiger partial charge >= 0.3 is 0 Å². The van der Waals surface area contributed by atoms with E-state index in [9.17, 15) is 4.79 Å². The molecule has 5 nitrogen and oxygen atoms in total. The second-order valence-corrected chi connectivity index (χ2v) is 5.11. The van der Waals surface area contributed by atoms with Gasteiger partial charge in [0.1, 0.15) is 0 Å². The van der Waals surface area contributed by atoms with E-state index in [1.807, 2.05) is 6.07 Å². The lowest BCUT2D eigenvalue weighted by atomic mass is 10.2. The van der Waals surface area contributed by atoms with Gasteiger partial charge in [-0.3, -0.25) is 10.1 Å². The maximum atomic E-state index is 12.0. The van der Waals surface area contributed by atoms with Gasteiger partial charge in [0.2, 0.25) is 5.91 Å². The van der Waals surface area contributed by atoms with E-state index in [1.165, 1.54) is 6.08 Å². The third-order valence-corrected chi connectivity index (χ3v) is 3.41. The largest absolute Gasteiger partial charge is 0.493 e. The molecule has 0 saturated carbocycles. The molecule has 0 spiro atoms. The van der Waals surface area contributed by atoms with Gasteiger partial charge in [-0.05, 0) is 36.0 Å². The third-order valence-electron chi connectivity index (χ3n) is 3.05. The Balaban J connectivity index is 2.73. The first-order valence-corrected chi connectivity index (χ1v) is 7.68. The Kier molecular flexibility index (Phi) is 8.29. The summed E-state index contributed by atoms with van der Waals surface area (Å²) in [5.41, 5.74) is 0.808. The molecule has 6 heteroatoms. The van der Waals surface area contributed by atoms with Crippen LogP contribution in [0.15, 0.2) is 49.6 Å². The average Bonchev–Trinajstić information content (AvgIpc) is 2.59. The first kappa shape index (κ1) is 19.4. The smallest absolute Gasteiger partial charge is 0.250 e. The molecule has 0 fully saturated rings. The minimum Gasteiger partial charge on any atom is -0.493 e. The number of ether oxygens (including phenoxy) is 2. The van der Waals surface area contributed by atoms with Crippen LogP contribution in [0.4, 0.5) is 0 Å². The number of nitrogens with one attached hydrogen (secondary N) is 1. The fourth-order valence-corrected chi connectivity index (χ4v) is 2.16. The van der Waals surface area contributed by atoms with Crippen LogP contribution in [0, 0.1) is 0 Å². The molecule has 0 unspecified atom stereocenters. The summed E-state index contributed by atoms with van der Waals surface area (Å²) in [7, 11) is 3.13.